The van der Waals surface area contributed by atoms with Gasteiger partial charge >= 0.3 is 0 Å². The minimum Gasteiger partial charge on any atom is -0.389 e. The van der Waals surface area contributed by atoms with E-state index in [1.807, 2.05) is 17.9 Å². The fourth-order valence-corrected chi connectivity index (χ4v) is 3.26. The number of anilines is 1. The smallest absolute Gasteiger partial charge is 0.251 e. The molecule has 3 unspecified atom stereocenters. The molecule has 0 aliphatic carbocycles. The number of nitrogens with zero attached hydrogens (tertiary/aromatic N) is 4. The Morgan fingerprint density at radius 3 is 2.89 bits per heavy atom. The summed E-state index contributed by atoms with van der Waals surface area (Å²) in [5, 5.41) is 21.7. The number of aliphatic hydroxyl groups excluding tert-OH is 1. The predicted octanol–water partition coefficient (Wildman–Crippen LogP) is 0.219. The predicted molar refractivity (Wildman–Crippen MR) is 102 cm³/mol. The normalized spacial score (nSPS) is 20.6. The van der Waals surface area contributed by atoms with Gasteiger partial charge in [-0.3, -0.25) is 14.8 Å². The highest BCUT2D eigenvalue weighted by Crippen LogP contribution is 2.28. The van der Waals surface area contributed by atoms with Gasteiger partial charge in [-0.1, -0.05) is 0 Å². The molecule has 1 amide bonds. The molecule has 3 atom stereocenters. The van der Waals surface area contributed by atoms with Crippen molar-refractivity contribution in [2.24, 2.45) is 0 Å². The Balaban J connectivity index is 1.79. The van der Waals surface area contributed by atoms with E-state index in [2.05, 4.69) is 21.4 Å². The van der Waals surface area contributed by atoms with Gasteiger partial charge in [-0.05, 0) is 19.1 Å². The van der Waals surface area contributed by atoms with Crippen LogP contribution in [0.1, 0.15) is 12.5 Å². The van der Waals surface area contributed by atoms with Crippen molar-refractivity contribution in [3.05, 3.63) is 30.1 Å². The minimum absolute atomic E-state index is 0.0895. The van der Waals surface area contributed by atoms with E-state index >= 15 is 0 Å². The molecule has 2 heterocycles. The first kappa shape index (κ1) is 19.9. The van der Waals surface area contributed by atoms with E-state index in [4.69, 9.17) is 9.47 Å². The molecule has 28 heavy (non-hydrogen) atoms. The van der Waals surface area contributed by atoms with E-state index in [1.165, 1.54) is 7.11 Å². The molecule has 0 spiro atoms. The third-order valence-corrected chi connectivity index (χ3v) is 4.49. The molecule has 0 bridgehead atoms. The molecular weight excluding hydrogens is 362 g/mol. The highest BCUT2D eigenvalue weighted by Gasteiger charge is 2.31. The first-order valence-corrected chi connectivity index (χ1v) is 9.02. The second-order valence-corrected chi connectivity index (χ2v) is 6.69. The fourth-order valence-electron chi connectivity index (χ4n) is 3.26. The summed E-state index contributed by atoms with van der Waals surface area (Å²) in [7, 11) is 1.49. The average molecular weight is 385 g/mol. The Morgan fingerprint density at radius 2 is 2.18 bits per heavy atom. The SMILES string of the molecule is COCC(O)CNC(=O)C1CN(c2ccc(C#N)c3nccnc23)CC(C)O1. The number of fused-ring (bicyclic) bond motifs is 1. The number of benzene rings is 1. The van der Waals surface area contributed by atoms with E-state index < -0.39 is 12.2 Å². The summed E-state index contributed by atoms with van der Waals surface area (Å²) in [6.07, 6.45) is 1.48. The van der Waals surface area contributed by atoms with Gasteiger partial charge in [0.1, 0.15) is 17.1 Å². The van der Waals surface area contributed by atoms with Gasteiger partial charge in [-0.15, -0.1) is 0 Å². The molecule has 9 heteroatoms. The zero-order valence-electron chi connectivity index (χ0n) is 15.8. The van der Waals surface area contributed by atoms with E-state index in [-0.39, 0.29) is 25.2 Å². The van der Waals surface area contributed by atoms with Crippen molar-refractivity contribution in [3.8, 4) is 6.07 Å². The Bertz CT molecular complexity index is 884. The first-order valence-electron chi connectivity index (χ1n) is 9.02. The van der Waals surface area contributed by atoms with Crippen LogP contribution in [-0.2, 0) is 14.3 Å². The number of ether oxygens (including phenoxy) is 2. The Hall–Kier alpha value is -2.80. The van der Waals surface area contributed by atoms with Crippen LogP contribution in [0.4, 0.5) is 5.69 Å². The van der Waals surface area contributed by atoms with Crippen LogP contribution in [0.2, 0.25) is 0 Å². The maximum Gasteiger partial charge on any atom is 0.251 e. The van der Waals surface area contributed by atoms with Crippen molar-refractivity contribution < 1.29 is 19.4 Å². The average Bonchev–Trinajstić information content (AvgIpc) is 2.71. The standard InChI is InChI=1S/C19H23N5O4/c1-12-9-24(10-16(28-12)19(26)23-8-14(25)11-27-2)15-4-3-13(7-20)17-18(15)22-6-5-21-17/h3-6,12,14,16,25H,8-11H2,1-2H3,(H,23,26). The number of rotatable bonds is 6. The summed E-state index contributed by atoms with van der Waals surface area (Å²) in [5.74, 6) is -0.296. The van der Waals surface area contributed by atoms with Gasteiger partial charge in [-0.2, -0.15) is 5.26 Å². The number of methoxy groups -OCH3 is 1. The van der Waals surface area contributed by atoms with Crippen molar-refractivity contribution in [1.29, 1.82) is 5.26 Å². The molecule has 0 radical (unpaired) electrons. The first-order chi connectivity index (χ1) is 13.5. The summed E-state index contributed by atoms with van der Waals surface area (Å²) in [5.41, 5.74) is 2.40. The molecule has 0 saturated carbocycles. The largest absolute Gasteiger partial charge is 0.389 e. The number of aliphatic hydroxyl groups is 1. The van der Waals surface area contributed by atoms with E-state index in [9.17, 15) is 15.2 Å². The number of amides is 1. The second kappa shape index (κ2) is 8.93. The molecule has 1 saturated heterocycles. The number of nitriles is 1. The molecule has 1 fully saturated rings. The van der Waals surface area contributed by atoms with E-state index in [1.54, 1.807) is 18.5 Å². The van der Waals surface area contributed by atoms with Crippen LogP contribution >= 0.6 is 0 Å². The molecule has 2 aromatic rings. The van der Waals surface area contributed by atoms with Crippen molar-refractivity contribution >= 4 is 22.6 Å². The van der Waals surface area contributed by atoms with Crippen LogP contribution in [0, 0.1) is 11.3 Å². The number of carbonyl (C=O) groups excluding carboxylic acids is 1. The number of hydrogen-bond acceptors (Lipinski definition) is 8. The monoisotopic (exact) mass is 385 g/mol. The van der Waals surface area contributed by atoms with Gasteiger partial charge in [0.05, 0.1) is 36.6 Å². The molecule has 3 rings (SSSR count). The third kappa shape index (κ3) is 4.36. The summed E-state index contributed by atoms with van der Waals surface area (Å²) >= 11 is 0. The lowest BCUT2D eigenvalue weighted by molar-refractivity contribution is -0.137. The van der Waals surface area contributed by atoms with Gasteiger partial charge in [0, 0.05) is 32.6 Å². The highest BCUT2D eigenvalue weighted by atomic mass is 16.5. The Morgan fingerprint density at radius 1 is 1.43 bits per heavy atom. The fraction of sp³-hybridized carbons (Fsp3) is 0.474. The lowest BCUT2D eigenvalue weighted by atomic mass is 10.1. The quantitative estimate of drug-likeness (QED) is 0.724. The second-order valence-electron chi connectivity index (χ2n) is 6.69. The molecule has 1 aliphatic rings. The van der Waals surface area contributed by atoms with Crippen molar-refractivity contribution in [1.82, 2.24) is 15.3 Å². The Labute approximate surface area is 162 Å². The van der Waals surface area contributed by atoms with Crippen LogP contribution < -0.4 is 10.2 Å². The molecule has 148 valence electrons. The lowest BCUT2D eigenvalue weighted by Crippen LogP contribution is -2.53. The van der Waals surface area contributed by atoms with Crippen molar-refractivity contribution in [2.45, 2.75) is 25.2 Å². The van der Waals surface area contributed by atoms with E-state index in [0.29, 0.717) is 29.7 Å². The maximum absolute atomic E-state index is 12.5. The summed E-state index contributed by atoms with van der Waals surface area (Å²) in [6, 6.07) is 5.67. The summed E-state index contributed by atoms with van der Waals surface area (Å²) < 4.78 is 10.7. The van der Waals surface area contributed by atoms with Crippen molar-refractivity contribution in [3.63, 3.8) is 0 Å². The third-order valence-electron chi connectivity index (χ3n) is 4.49. The molecule has 9 nitrogen and oxygen atoms in total. The van der Waals surface area contributed by atoms with Crippen LogP contribution in [0.25, 0.3) is 11.0 Å². The molecule has 1 aromatic carbocycles. The van der Waals surface area contributed by atoms with Gasteiger partial charge in [0.15, 0.2) is 6.10 Å². The number of morpholine rings is 1. The Kier molecular flexibility index (Phi) is 6.36. The van der Waals surface area contributed by atoms with Crippen LogP contribution in [0.3, 0.4) is 0 Å². The number of hydrogen-bond donors (Lipinski definition) is 2. The minimum atomic E-state index is -0.774. The summed E-state index contributed by atoms with van der Waals surface area (Å²) in [6.45, 7) is 3.03. The maximum atomic E-state index is 12.5. The van der Waals surface area contributed by atoms with Crippen LogP contribution in [-0.4, -0.2) is 72.6 Å². The van der Waals surface area contributed by atoms with Gasteiger partial charge in [-0.25, -0.2) is 0 Å². The lowest BCUT2D eigenvalue weighted by Gasteiger charge is -2.37. The van der Waals surface area contributed by atoms with Gasteiger partial charge in [0.25, 0.3) is 5.91 Å². The number of aromatic nitrogens is 2. The van der Waals surface area contributed by atoms with Gasteiger partial charge < -0.3 is 24.8 Å². The summed E-state index contributed by atoms with van der Waals surface area (Å²) in [4.78, 5) is 23.2. The molecule has 1 aromatic heterocycles. The molecule has 1 aliphatic heterocycles. The molecule has 2 N–H and O–H groups in total. The highest BCUT2D eigenvalue weighted by molar-refractivity contribution is 5.92. The number of nitrogens with one attached hydrogen (secondary N) is 1. The zero-order chi connectivity index (χ0) is 20.1. The van der Waals surface area contributed by atoms with Crippen molar-refractivity contribution in [2.75, 3.05) is 38.3 Å². The van der Waals surface area contributed by atoms with E-state index in [0.717, 1.165) is 5.69 Å². The number of carbonyl (C=O) groups is 1. The topological polar surface area (TPSA) is 121 Å². The van der Waals surface area contributed by atoms with Crippen LogP contribution in [0.15, 0.2) is 24.5 Å². The molecular formula is C19H23N5O4. The zero-order valence-corrected chi connectivity index (χ0v) is 15.8. The van der Waals surface area contributed by atoms with Gasteiger partial charge in [0.2, 0.25) is 0 Å². The van der Waals surface area contributed by atoms with Crippen LogP contribution in [0.5, 0.6) is 0 Å².